The van der Waals surface area contributed by atoms with Crippen molar-refractivity contribution in [1.82, 2.24) is 10.2 Å². The second-order valence-electron chi connectivity index (χ2n) is 10.0. The maximum atomic E-state index is 13.1. The highest BCUT2D eigenvalue weighted by molar-refractivity contribution is 5.83. The number of carboxylic acid groups (broad SMARTS) is 1. The van der Waals surface area contributed by atoms with Gasteiger partial charge in [-0.2, -0.15) is 0 Å². The van der Waals surface area contributed by atoms with Gasteiger partial charge in [-0.3, -0.25) is 0 Å². The minimum Gasteiger partial charge on any atom is -0.480 e. The molecular weight excluding hydrogens is 496 g/mol. The van der Waals surface area contributed by atoms with Crippen molar-refractivity contribution in [3.8, 4) is 11.1 Å². The van der Waals surface area contributed by atoms with Crippen LogP contribution in [0.25, 0.3) is 11.1 Å². The highest BCUT2D eigenvalue weighted by Gasteiger charge is 2.28. The van der Waals surface area contributed by atoms with Gasteiger partial charge in [0.05, 0.1) is 6.54 Å². The molecule has 0 radical (unpaired) electrons. The number of aliphatic hydroxyl groups excluding tert-OH is 1. The van der Waals surface area contributed by atoms with Crippen molar-refractivity contribution in [1.29, 1.82) is 0 Å². The van der Waals surface area contributed by atoms with Crippen LogP contribution in [0, 0.1) is 12.8 Å². The highest BCUT2D eigenvalue weighted by Crippen LogP contribution is 2.21. The van der Waals surface area contributed by atoms with Crippen LogP contribution in [0.15, 0.2) is 78.9 Å². The third-order valence-corrected chi connectivity index (χ3v) is 6.14. The minimum atomic E-state index is -1.57. The van der Waals surface area contributed by atoms with E-state index in [2.05, 4.69) is 5.32 Å². The molecule has 2 atom stereocenters. The fraction of sp³-hybridized carbons (Fsp3) is 0.323. The molecule has 8 nitrogen and oxygen atoms in total. The molecule has 0 aliphatic rings. The molecule has 3 rings (SSSR count). The quantitative estimate of drug-likeness (QED) is 0.297. The molecule has 0 saturated heterocycles. The molecule has 1 unspecified atom stereocenters. The number of carbonyl (C=O) groups excluding carboxylic acids is 2. The van der Waals surface area contributed by atoms with Gasteiger partial charge in [-0.15, -0.1) is 0 Å². The molecule has 8 heteroatoms. The molecule has 0 bridgehead atoms. The summed E-state index contributed by atoms with van der Waals surface area (Å²) < 4.78 is 5.18. The summed E-state index contributed by atoms with van der Waals surface area (Å²) >= 11 is 0. The molecule has 0 saturated carbocycles. The van der Waals surface area contributed by atoms with Crippen LogP contribution < -0.4 is 5.32 Å². The minimum absolute atomic E-state index is 0.00307. The number of nitrogens with zero attached hydrogens (tertiary/aromatic N) is 1. The zero-order valence-corrected chi connectivity index (χ0v) is 22.5. The Labute approximate surface area is 229 Å². The Kier molecular flexibility index (Phi) is 10.6. The van der Waals surface area contributed by atoms with Gasteiger partial charge < -0.3 is 25.2 Å². The number of amides is 2. The summed E-state index contributed by atoms with van der Waals surface area (Å²) in [5, 5.41) is 22.8. The first-order valence-electron chi connectivity index (χ1n) is 12.9. The van der Waals surface area contributed by atoms with Crippen molar-refractivity contribution >= 4 is 18.0 Å². The second-order valence-corrected chi connectivity index (χ2v) is 10.0. The summed E-state index contributed by atoms with van der Waals surface area (Å²) in [5.41, 5.74) is 4.74. The third kappa shape index (κ3) is 9.26. The summed E-state index contributed by atoms with van der Waals surface area (Å²) in [6.07, 6.45) is -1.50. The van der Waals surface area contributed by atoms with Crippen LogP contribution in [0.5, 0.6) is 0 Å². The molecule has 39 heavy (non-hydrogen) atoms. The van der Waals surface area contributed by atoms with Crippen molar-refractivity contribution in [2.75, 3.05) is 13.1 Å². The van der Waals surface area contributed by atoms with E-state index in [-0.39, 0.29) is 32.0 Å². The van der Waals surface area contributed by atoms with Gasteiger partial charge in [0, 0.05) is 13.0 Å². The van der Waals surface area contributed by atoms with Crippen LogP contribution in [-0.4, -0.2) is 58.3 Å². The second kappa shape index (κ2) is 14.1. The van der Waals surface area contributed by atoms with Gasteiger partial charge in [-0.1, -0.05) is 98.3 Å². The van der Waals surface area contributed by atoms with Crippen molar-refractivity contribution in [2.24, 2.45) is 5.92 Å². The zero-order chi connectivity index (χ0) is 28.4. The Balaban J connectivity index is 1.62. The number of aliphatic carboxylic acids is 1. The zero-order valence-electron chi connectivity index (χ0n) is 22.5. The fourth-order valence-corrected chi connectivity index (χ4v) is 4.04. The summed E-state index contributed by atoms with van der Waals surface area (Å²) in [5.74, 6) is -2.02. The number of hydrogen-bond donors (Lipinski definition) is 3. The lowest BCUT2D eigenvalue weighted by Gasteiger charge is -2.28. The molecule has 0 spiro atoms. The Morgan fingerprint density at radius 3 is 2.00 bits per heavy atom. The Morgan fingerprint density at radius 1 is 0.846 bits per heavy atom. The first-order chi connectivity index (χ1) is 18.6. The maximum Gasteiger partial charge on any atom is 0.337 e. The third-order valence-electron chi connectivity index (χ3n) is 6.14. The fourth-order valence-electron chi connectivity index (χ4n) is 4.04. The molecule has 0 heterocycles. The molecular formula is C31H36N2O6. The van der Waals surface area contributed by atoms with E-state index in [1.165, 1.54) is 10.5 Å². The summed E-state index contributed by atoms with van der Waals surface area (Å²) in [6.45, 7) is 5.67. The number of hydrogen-bond acceptors (Lipinski definition) is 5. The summed E-state index contributed by atoms with van der Waals surface area (Å²) in [6, 6.07) is 22.8. The number of urea groups is 1. The molecule has 3 aromatic carbocycles. The number of ether oxygens (including phenoxy) is 1. The van der Waals surface area contributed by atoms with Gasteiger partial charge in [0.2, 0.25) is 0 Å². The smallest absolute Gasteiger partial charge is 0.337 e. The van der Waals surface area contributed by atoms with Gasteiger partial charge in [-0.05, 0) is 35.1 Å². The van der Waals surface area contributed by atoms with E-state index in [0.717, 1.165) is 22.3 Å². The lowest BCUT2D eigenvalue weighted by atomic mass is 10.00. The first kappa shape index (κ1) is 29.4. The SMILES string of the molecule is Cc1ccc(-c2ccc(C[C@H](NC(=O)N(CC(C)C)CC(O)C(=O)OCc3ccccc3)C(=O)O)cc2)cc1. The lowest BCUT2D eigenvalue weighted by molar-refractivity contribution is -0.155. The largest absolute Gasteiger partial charge is 0.480 e. The normalized spacial score (nSPS) is 12.4. The average molecular weight is 533 g/mol. The Hall–Kier alpha value is -4.17. The monoisotopic (exact) mass is 532 g/mol. The average Bonchev–Trinajstić information content (AvgIpc) is 2.92. The van der Waals surface area contributed by atoms with Gasteiger partial charge in [0.15, 0.2) is 6.10 Å². The predicted octanol–water partition coefficient (Wildman–Crippen LogP) is 4.43. The highest BCUT2D eigenvalue weighted by atomic mass is 16.5. The number of carboxylic acids is 1. The number of nitrogens with one attached hydrogen (secondary N) is 1. The summed E-state index contributed by atoms with van der Waals surface area (Å²) in [4.78, 5) is 38.7. The van der Waals surface area contributed by atoms with Crippen LogP contribution in [-0.2, 0) is 27.4 Å². The standard InChI is InChI=1S/C31H36N2O6/c1-21(2)18-33(19-28(34)30(37)39-20-24-7-5-4-6-8-24)31(38)32-27(29(35)36)17-23-11-15-26(16-12-23)25-13-9-22(3)10-14-25/h4-16,21,27-28,34H,17-20H2,1-3H3,(H,32,38)(H,35,36)/t27-,28?/m0/s1. The number of aliphatic hydroxyl groups is 1. The van der Waals surface area contributed by atoms with Gasteiger partial charge >= 0.3 is 18.0 Å². The van der Waals surface area contributed by atoms with E-state index < -0.39 is 30.1 Å². The lowest BCUT2D eigenvalue weighted by Crippen LogP contribution is -2.52. The predicted molar refractivity (Wildman–Crippen MR) is 149 cm³/mol. The summed E-state index contributed by atoms with van der Waals surface area (Å²) in [7, 11) is 0. The van der Waals surface area contributed by atoms with Crippen LogP contribution in [0.2, 0.25) is 0 Å². The van der Waals surface area contributed by atoms with Gasteiger partial charge in [0.25, 0.3) is 0 Å². The Bertz CT molecular complexity index is 1230. The number of carbonyl (C=O) groups is 3. The molecule has 2 amide bonds. The molecule has 3 aromatic rings. The number of esters is 1. The topological polar surface area (TPSA) is 116 Å². The van der Waals surface area contributed by atoms with Gasteiger partial charge in [-0.25, -0.2) is 14.4 Å². The van der Waals surface area contributed by atoms with E-state index in [1.54, 1.807) is 12.1 Å². The first-order valence-corrected chi connectivity index (χ1v) is 12.9. The molecule has 0 aliphatic heterocycles. The van der Waals surface area contributed by atoms with Gasteiger partial charge in [0.1, 0.15) is 12.6 Å². The van der Waals surface area contributed by atoms with Crippen molar-refractivity contribution in [3.63, 3.8) is 0 Å². The Morgan fingerprint density at radius 2 is 1.44 bits per heavy atom. The van der Waals surface area contributed by atoms with Crippen LogP contribution in [0.1, 0.15) is 30.5 Å². The van der Waals surface area contributed by atoms with Crippen LogP contribution >= 0.6 is 0 Å². The molecule has 3 N–H and O–H groups in total. The number of aryl methyl sites for hydroxylation is 1. The van der Waals surface area contributed by atoms with Crippen molar-refractivity contribution in [2.45, 2.75) is 45.9 Å². The maximum absolute atomic E-state index is 13.1. The number of benzene rings is 3. The van der Waals surface area contributed by atoms with Crippen LogP contribution in [0.4, 0.5) is 4.79 Å². The van der Waals surface area contributed by atoms with Crippen LogP contribution in [0.3, 0.4) is 0 Å². The van der Waals surface area contributed by atoms with E-state index in [1.807, 2.05) is 87.5 Å². The van der Waals surface area contributed by atoms with Crippen molar-refractivity contribution < 1.29 is 29.3 Å². The van der Waals surface area contributed by atoms with E-state index >= 15 is 0 Å². The molecule has 206 valence electrons. The van der Waals surface area contributed by atoms with Crippen molar-refractivity contribution in [3.05, 3.63) is 95.6 Å². The number of rotatable bonds is 12. The molecule has 0 aromatic heterocycles. The van der Waals surface area contributed by atoms with E-state index in [0.29, 0.717) is 0 Å². The molecule has 0 fully saturated rings. The van der Waals surface area contributed by atoms with E-state index in [9.17, 15) is 24.6 Å². The van der Waals surface area contributed by atoms with E-state index in [4.69, 9.17) is 4.74 Å². The molecule has 0 aliphatic carbocycles.